The minimum absolute atomic E-state index is 0.465. The Labute approximate surface area is 115 Å². The minimum atomic E-state index is 0.465. The summed E-state index contributed by atoms with van der Waals surface area (Å²) in [7, 11) is 0. The zero-order valence-electron chi connectivity index (χ0n) is 12.0. The standard InChI is InChI=1S/C14H23N5/c1-5-7-17-14(15-6-2)18-10-13-16-8-9-19(13)11-12(3)4/h1,8-9,12H,6-7,10-11H2,2-4H3,(H2,15,17,18). The molecule has 2 N–H and O–H groups in total. The van der Waals surface area contributed by atoms with Gasteiger partial charge in [-0.05, 0) is 12.8 Å². The number of terminal acetylenes is 1. The summed E-state index contributed by atoms with van der Waals surface area (Å²) < 4.78 is 2.14. The van der Waals surface area contributed by atoms with Gasteiger partial charge in [0, 0.05) is 25.5 Å². The maximum Gasteiger partial charge on any atom is 0.192 e. The summed E-state index contributed by atoms with van der Waals surface area (Å²) >= 11 is 0. The van der Waals surface area contributed by atoms with E-state index in [1.54, 1.807) is 0 Å². The SMILES string of the molecule is C#CCNC(=NCc1nccn1CC(C)C)NCC. The predicted octanol–water partition coefficient (Wildman–Crippen LogP) is 1.23. The molecular formula is C14H23N5. The Balaban J connectivity index is 2.66. The van der Waals surface area contributed by atoms with Crippen molar-refractivity contribution in [2.24, 2.45) is 10.9 Å². The topological polar surface area (TPSA) is 54.2 Å². The molecule has 0 bridgehead atoms. The average molecular weight is 261 g/mol. The molecule has 0 aromatic carbocycles. The summed E-state index contributed by atoms with van der Waals surface area (Å²) in [4.78, 5) is 8.82. The van der Waals surface area contributed by atoms with Crippen LogP contribution in [-0.4, -0.2) is 28.6 Å². The first-order chi connectivity index (χ1) is 9.17. The molecule has 1 aromatic rings. The summed E-state index contributed by atoms with van der Waals surface area (Å²) in [6.07, 6.45) is 9.04. The number of guanidine groups is 1. The Morgan fingerprint density at radius 2 is 2.32 bits per heavy atom. The van der Waals surface area contributed by atoms with E-state index in [0.29, 0.717) is 19.0 Å². The van der Waals surface area contributed by atoms with Gasteiger partial charge in [-0.2, -0.15) is 0 Å². The van der Waals surface area contributed by atoms with Crippen LogP contribution < -0.4 is 10.6 Å². The maximum atomic E-state index is 5.23. The normalized spacial score (nSPS) is 11.4. The number of imidazole rings is 1. The second kappa shape index (κ2) is 8.20. The molecule has 1 aromatic heterocycles. The molecule has 1 rings (SSSR count). The lowest BCUT2D eigenvalue weighted by Crippen LogP contribution is -2.37. The van der Waals surface area contributed by atoms with Crippen molar-refractivity contribution in [2.45, 2.75) is 33.9 Å². The van der Waals surface area contributed by atoms with Crippen molar-refractivity contribution in [3.05, 3.63) is 18.2 Å². The van der Waals surface area contributed by atoms with E-state index >= 15 is 0 Å². The van der Waals surface area contributed by atoms with Crippen LogP contribution in [0, 0.1) is 18.3 Å². The van der Waals surface area contributed by atoms with Gasteiger partial charge in [-0.1, -0.05) is 19.8 Å². The van der Waals surface area contributed by atoms with Gasteiger partial charge in [-0.25, -0.2) is 9.98 Å². The Bertz CT molecular complexity index is 439. The maximum absolute atomic E-state index is 5.23. The number of aliphatic imine (C=N–C) groups is 1. The fourth-order valence-corrected chi connectivity index (χ4v) is 1.68. The van der Waals surface area contributed by atoms with Crippen LogP contribution in [0.4, 0.5) is 0 Å². The number of hydrogen-bond acceptors (Lipinski definition) is 2. The van der Waals surface area contributed by atoms with Gasteiger partial charge in [0.15, 0.2) is 5.96 Å². The third kappa shape index (κ3) is 5.47. The fraction of sp³-hybridized carbons (Fsp3) is 0.571. The Kier molecular flexibility index (Phi) is 6.51. The molecule has 0 unspecified atom stereocenters. The van der Waals surface area contributed by atoms with E-state index in [0.717, 1.165) is 24.9 Å². The molecule has 5 nitrogen and oxygen atoms in total. The lowest BCUT2D eigenvalue weighted by Gasteiger charge is -2.11. The van der Waals surface area contributed by atoms with Crippen LogP contribution in [0.2, 0.25) is 0 Å². The van der Waals surface area contributed by atoms with Gasteiger partial charge in [0.2, 0.25) is 0 Å². The summed E-state index contributed by atoms with van der Waals surface area (Å²) in [6.45, 7) is 9.16. The van der Waals surface area contributed by atoms with Gasteiger partial charge in [0.25, 0.3) is 0 Å². The average Bonchev–Trinajstić information content (AvgIpc) is 2.79. The first-order valence-corrected chi connectivity index (χ1v) is 6.63. The molecular weight excluding hydrogens is 238 g/mol. The van der Waals surface area contributed by atoms with Crippen LogP contribution in [0.25, 0.3) is 0 Å². The largest absolute Gasteiger partial charge is 0.357 e. The van der Waals surface area contributed by atoms with Crippen LogP contribution in [0.1, 0.15) is 26.6 Å². The summed E-state index contributed by atoms with van der Waals surface area (Å²) in [5, 5.41) is 6.21. The van der Waals surface area contributed by atoms with Gasteiger partial charge >= 0.3 is 0 Å². The highest BCUT2D eigenvalue weighted by molar-refractivity contribution is 5.79. The number of aromatic nitrogens is 2. The van der Waals surface area contributed by atoms with E-state index < -0.39 is 0 Å². The first-order valence-electron chi connectivity index (χ1n) is 6.63. The van der Waals surface area contributed by atoms with Crippen LogP contribution in [-0.2, 0) is 13.1 Å². The van der Waals surface area contributed by atoms with E-state index in [2.05, 4.69) is 44.9 Å². The molecule has 0 radical (unpaired) electrons. The van der Waals surface area contributed by atoms with Crippen molar-refractivity contribution in [3.63, 3.8) is 0 Å². The summed E-state index contributed by atoms with van der Waals surface area (Å²) in [5.41, 5.74) is 0. The number of nitrogens with zero attached hydrogens (tertiary/aromatic N) is 3. The van der Waals surface area contributed by atoms with E-state index in [9.17, 15) is 0 Å². The highest BCUT2D eigenvalue weighted by Crippen LogP contribution is 2.04. The minimum Gasteiger partial charge on any atom is -0.357 e. The lowest BCUT2D eigenvalue weighted by atomic mass is 10.2. The number of nitrogens with one attached hydrogen (secondary N) is 2. The smallest absolute Gasteiger partial charge is 0.192 e. The Morgan fingerprint density at radius 1 is 1.53 bits per heavy atom. The molecule has 0 saturated carbocycles. The highest BCUT2D eigenvalue weighted by Gasteiger charge is 2.04. The van der Waals surface area contributed by atoms with Crippen molar-refractivity contribution >= 4 is 5.96 Å². The van der Waals surface area contributed by atoms with Crippen LogP contribution in [0.15, 0.2) is 17.4 Å². The predicted molar refractivity (Wildman–Crippen MR) is 78.7 cm³/mol. The van der Waals surface area contributed by atoms with Crippen molar-refractivity contribution in [2.75, 3.05) is 13.1 Å². The first kappa shape index (κ1) is 15.1. The second-order valence-corrected chi connectivity index (χ2v) is 4.64. The zero-order valence-corrected chi connectivity index (χ0v) is 12.0. The van der Waals surface area contributed by atoms with Gasteiger partial charge in [0.05, 0.1) is 6.54 Å². The van der Waals surface area contributed by atoms with Crippen molar-refractivity contribution in [1.82, 2.24) is 20.2 Å². The van der Waals surface area contributed by atoms with Gasteiger partial charge in [0.1, 0.15) is 12.4 Å². The third-order valence-electron chi connectivity index (χ3n) is 2.44. The molecule has 0 spiro atoms. The second-order valence-electron chi connectivity index (χ2n) is 4.64. The zero-order chi connectivity index (χ0) is 14.1. The fourth-order valence-electron chi connectivity index (χ4n) is 1.68. The van der Waals surface area contributed by atoms with Gasteiger partial charge in [-0.3, -0.25) is 0 Å². The van der Waals surface area contributed by atoms with Gasteiger partial charge in [-0.15, -0.1) is 6.42 Å². The molecule has 0 amide bonds. The quantitative estimate of drug-likeness (QED) is 0.460. The molecule has 0 atom stereocenters. The lowest BCUT2D eigenvalue weighted by molar-refractivity contribution is 0.507. The van der Waals surface area contributed by atoms with Crippen LogP contribution in [0.3, 0.4) is 0 Å². The molecule has 0 aliphatic rings. The van der Waals surface area contributed by atoms with E-state index in [1.165, 1.54) is 0 Å². The molecule has 5 heteroatoms. The van der Waals surface area contributed by atoms with E-state index in [-0.39, 0.29) is 0 Å². The molecule has 0 fully saturated rings. The molecule has 0 saturated heterocycles. The van der Waals surface area contributed by atoms with Gasteiger partial charge < -0.3 is 15.2 Å². The van der Waals surface area contributed by atoms with Crippen LogP contribution >= 0.6 is 0 Å². The van der Waals surface area contributed by atoms with Crippen molar-refractivity contribution < 1.29 is 0 Å². The highest BCUT2D eigenvalue weighted by atomic mass is 15.2. The Morgan fingerprint density at radius 3 is 2.95 bits per heavy atom. The molecule has 19 heavy (non-hydrogen) atoms. The van der Waals surface area contributed by atoms with Crippen molar-refractivity contribution in [1.29, 1.82) is 0 Å². The number of hydrogen-bond donors (Lipinski definition) is 2. The molecule has 0 aliphatic heterocycles. The summed E-state index contributed by atoms with van der Waals surface area (Å²) in [6, 6.07) is 0. The molecule has 104 valence electrons. The third-order valence-corrected chi connectivity index (χ3v) is 2.44. The monoisotopic (exact) mass is 261 g/mol. The van der Waals surface area contributed by atoms with E-state index in [1.807, 2.05) is 19.3 Å². The van der Waals surface area contributed by atoms with Crippen LogP contribution in [0.5, 0.6) is 0 Å². The molecule has 1 heterocycles. The summed E-state index contributed by atoms with van der Waals surface area (Å²) in [5.74, 6) is 4.81. The molecule has 0 aliphatic carbocycles. The van der Waals surface area contributed by atoms with E-state index in [4.69, 9.17) is 6.42 Å². The number of rotatable bonds is 6. The Hall–Kier alpha value is -1.96. The van der Waals surface area contributed by atoms with Crippen molar-refractivity contribution in [3.8, 4) is 12.3 Å².